The van der Waals surface area contributed by atoms with Gasteiger partial charge >= 0.3 is 0 Å². The molecule has 2 rings (SSSR count). The van der Waals surface area contributed by atoms with Gasteiger partial charge < -0.3 is 5.32 Å². The van der Waals surface area contributed by atoms with Crippen molar-refractivity contribution in [2.45, 2.75) is 0 Å². The summed E-state index contributed by atoms with van der Waals surface area (Å²) in [6, 6.07) is 9.99. The van der Waals surface area contributed by atoms with Gasteiger partial charge in [-0.1, -0.05) is 30.3 Å². The van der Waals surface area contributed by atoms with Crippen molar-refractivity contribution in [3.05, 3.63) is 47.5 Å². The number of hydrogen-bond donors (Lipinski definition) is 1. The van der Waals surface area contributed by atoms with E-state index in [0.29, 0.717) is 10.7 Å². The van der Waals surface area contributed by atoms with Crippen LogP contribution in [0.5, 0.6) is 0 Å². The van der Waals surface area contributed by atoms with Crippen LogP contribution in [0.2, 0.25) is 0 Å². The Hall–Kier alpha value is -2.52. The number of aromatic nitrogens is 1. The molecule has 1 unspecified atom stereocenters. The molecule has 6 heteroatoms. The zero-order valence-corrected chi connectivity index (χ0v) is 10.6. The summed E-state index contributed by atoms with van der Waals surface area (Å²) in [6.07, 6.45) is 1.53. The van der Waals surface area contributed by atoms with Gasteiger partial charge in [0.25, 0.3) is 5.91 Å². The van der Waals surface area contributed by atoms with Gasteiger partial charge in [0, 0.05) is 17.1 Å². The lowest BCUT2D eigenvalue weighted by atomic mass is 9.98. The molecule has 1 aromatic heterocycles. The van der Waals surface area contributed by atoms with Gasteiger partial charge in [0.1, 0.15) is 0 Å². The predicted octanol–water partition coefficient (Wildman–Crippen LogP) is 2.10. The smallest absolute Gasteiger partial charge is 0.251 e. The van der Waals surface area contributed by atoms with E-state index in [0.717, 1.165) is 0 Å². The highest BCUT2D eigenvalue weighted by atomic mass is 32.1. The first-order valence-corrected chi connectivity index (χ1v) is 6.29. The molecule has 2 aromatic rings. The fourth-order valence-electron chi connectivity index (χ4n) is 1.47. The molecule has 0 bridgehead atoms. The number of amides is 1. The van der Waals surface area contributed by atoms with Crippen LogP contribution in [0.4, 0.5) is 5.13 Å². The maximum atomic E-state index is 12.0. The van der Waals surface area contributed by atoms with E-state index < -0.39 is 17.6 Å². The topological polar surface area (TPSA) is 82.8 Å². The lowest BCUT2D eigenvalue weighted by Gasteiger charge is -2.07. The van der Waals surface area contributed by atoms with Gasteiger partial charge in [-0.2, -0.15) is 5.26 Å². The van der Waals surface area contributed by atoms with E-state index in [-0.39, 0.29) is 0 Å². The summed E-state index contributed by atoms with van der Waals surface area (Å²) in [5.74, 6) is -2.55. The molecule has 5 nitrogen and oxygen atoms in total. The number of benzene rings is 1. The zero-order valence-electron chi connectivity index (χ0n) is 9.74. The van der Waals surface area contributed by atoms with E-state index in [1.807, 2.05) is 0 Å². The van der Waals surface area contributed by atoms with Crippen LogP contribution in [0.15, 0.2) is 41.9 Å². The Bertz CT molecular complexity index is 617. The fraction of sp³-hybridized carbons (Fsp3) is 0.0769. The second-order valence-corrected chi connectivity index (χ2v) is 4.51. The number of ketones is 1. The first-order valence-electron chi connectivity index (χ1n) is 5.41. The average molecular weight is 271 g/mol. The van der Waals surface area contributed by atoms with Gasteiger partial charge in [0.05, 0.1) is 6.07 Å². The molecule has 1 heterocycles. The predicted molar refractivity (Wildman–Crippen MR) is 70.6 cm³/mol. The molecule has 0 fully saturated rings. The highest BCUT2D eigenvalue weighted by molar-refractivity contribution is 7.13. The minimum Gasteiger partial charge on any atom is -0.300 e. The molecule has 19 heavy (non-hydrogen) atoms. The molecule has 0 radical (unpaired) electrons. The van der Waals surface area contributed by atoms with Crippen LogP contribution in [-0.4, -0.2) is 16.7 Å². The van der Waals surface area contributed by atoms with E-state index in [1.165, 1.54) is 17.5 Å². The monoisotopic (exact) mass is 271 g/mol. The Labute approximate surface area is 113 Å². The Kier molecular flexibility index (Phi) is 4.00. The van der Waals surface area contributed by atoms with E-state index in [4.69, 9.17) is 5.26 Å². The first kappa shape index (κ1) is 12.9. The molecule has 0 aliphatic heterocycles. The molecule has 94 valence electrons. The van der Waals surface area contributed by atoms with Gasteiger partial charge in [-0.25, -0.2) is 4.98 Å². The summed E-state index contributed by atoms with van der Waals surface area (Å²) in [6.45, 7) is 0. The van der Waals surface area contributed by atoms with Crippen molar-refractivity contribution in [3.8, 4) is 6.07 Å². The van der Waals surface area contributed by atoms with Crippen LogP contribution >= 0.6 is 11.3 Å². The molecule has 1 N–H and O–H groups in total. The lowest BCUT2D eigenvalue weighted by Crippen LogP contribution is -2.28. The van der Waals surface area contributed by atoms with Crippen molar-refractivity contribution < 1.29 is 9.59 Å². The third kappa shape index (κ3) is 3.03. The molecule has 0 aliphatic rings. The average Bonchev–Trinajstić information content (AvgIpc) is 2.93. The van der Waals surface area contributed by atoms with Crippen molar-refractivity contribution >= 4 is 28.2 Å². The van der Waals surface area contributed by atoms with Gasteiger partial charge in [-0.15, -0.1) is 11.3 Å². The van der Waals surface area contributed by atoms with Crippen LogP contribution in [0, 0.1) is 17.2 Å². The van der Waals surface area contributed by atoms with Gasteiger partial charge in [-0.05, 0) is 0 Å². The number of nitrogens with one attached hydrogen (secondary N) is 1. The van der Waals surface area contributed by atoms with Crippen molar-refractivity contribution in [2.75, 3.05) is 5.32 Å². The van der Waals surface area contributed by atoms with E-state index in [1.54, 1.807) is 41.8 Å². The molecule has 1 amide bonds. The number of carbonyl (C=O) groups is 2. The van der Waals surface area contributed by atoms with E-state index in [9.17, 15) is 9.59 Å². The molecular weight excluding hydrogens is 262 g/mol. The quantitative estimate of drug-likeness (QED) is 0.682. The number of rotatable bonds is 4. The summed E-state index contributed by atoms with van der Waals surface area (Å²) in [5.41, 5.74) is 0.336. The Balaban J connectivity index is 2.14. The third-order valence-electron chi connectivity index (χ3n) is 2.37. The second kappa shape index (κ2) is 5.89. The molecule has 0 saturated carbocycles. The third-order valence-corrected chi connectivity index (χ3v) is 3.06. The number of anilines is 1. The minimum absolute atomic E-state index is 0.336. The molecule has 1 aromatic carbocycles. The van der Waals surface area contributed by atoms with Crippen molar-refractivity contribution in [1.29, 1.82) is 5.26 Å². The van der Waals surface area contributed by atoms with Crippen LogP contribution in [0.1, 0.15) is 10.4 Å². The lowest BCUT2D eigenvalue weighted by molar-refractivity contribution is -0.117. The minimum atomic E-state index is -1.37. The maximum absolute atomic E-state index is 12.0. The summed E-state index contributed by atoms with van der Waals surface area (Å²) in [4.78, 5) is 27.8. The largest absolute Gasteiger partial charge is 0.300 e. The zero-order chi connectivity index (χ0) is 13.7. The van der Waals surface area contributed by atoms with Crippen molar-refractivity contribution in [1.82, 2.24) is 4.98 Å². The number of Topliss-reactive ketones (excluding diaryl/α,β-unsaturated/α-hetero) is 1. The molecule has 0 spiro atoms. The second-order valence-electron chi connectivity index (χ2n) is 3.62. The number of hydrogen-bond acceptors (Lipinski definition) is 5. The standard InChI is InChI=1S/C13H9N3O2S/c14-8-10(11(17)9-4-2-1-3-5-9)12(18)16-13-15-6-7-19-13/h1-7,10H,(H,15,16,18). The van der Waals surface area contributed by atoms with Gasteiger partial charge in [0.2, 0.25) is 0 Å². The normalized spacial score (nSPS) is 11.3. The molecule has 0 saturated heterocycles. The Morgan fingerprint density at radius 1 is 1.32 bits per heavy atom. The van der Waals surface area contributed by atoms with Crippen molar-refractivity contribution in [2.24, 2.45) is 5.92 Å². The highest BCUT2D eigenvalue weighted by Crippen LogP contribution is 2.14. The molecule has 1 atom stereocenters. The Morgan fingerprint density at radius 2 is 2.05 bits per heavy atom. The van der Waals surface area contributed by atoms with Gasteiger partial charge in [0.15, 0.2) is 16.8 Å². The van der Waals surface area contributed by atoms with Crippen LogP contribution in [0.25, 0.3) is 0 Å². The van der Waals surface area contributed by atoms with Crippen LogP contribution in [0.3, 0.4) is 0 Å². The number of thiazole rings is 1. The summed E-state index contributed by atoms with van der Waals surface area (Å²) in [7, 11) is 0. The Morgan fingerprint density at radius 3 is 2.63 bits per heavy atom. The summed E-state index contributed by atoms with van der Waals surface area (Å²) >= 11 is 1.22. The number of carbonyl (C=O) groups excluding carboxylic acids is 2. The maximum Gasteiger partial charge on any atom is 0.251 e. The summed E-state index contributed by atoms with van der Waals surface area (Å²) in [5, 5.41) is 13.5. The van der Waals surface area contributed by atoms with Crippen LogP contribution < -0.4 is 5.32 Å². The number of nitrogens with zero attached hydrogens (tertiary/aromatic N) is 2. The van der Waals surface area contributed by atoms with Gasteiger partial charge in [-0.3, -0.25) is 9.59 Å². The first-order chi connectivity index (χ1) is 9.22. The SMILES string of the molecule is N#CC(C(=O)Nc1nccs1)C(=O)c1ccccc1. The molecular formula is C13H9N3O2S. The van der Waals surface area contributed by atoms with Crippen LogP contribution in [-0.2, 0) is 4.79 Å². The highest BCUT2D eigenvalue weighted by Gasteiger charge is 2.27. The van der Waals surface area contributed by atoms with E-state index >= 15 is 0 Å². The summed E-state index contributed by atoms with van der Waals surface area (Å²) < 4.78 is 0. The fourth-order valence-corrected chi connectivity index (χ4v) is 2.00. The van der Waals surface area contributed by atoms with Crippen molar-refractivity contribution in [3.63, 3.8) is 0 Å². The molecule has 0 aliphatic carbocycles. The number of nitriles is 1. The van der Waals surface area contributed by atoms with E-state index in [2.05, 4.69) is 10.3 Å².